The summed E-state index contributed by atoms with van der Waals surface area (Å²) in [6, 6.07) is 9.45. The normalized spacial score (nSPS) is 18.8. The molecule has 31 heavy (non-hydrogen) atoms. The minimum absolute atomic E-state index is 0.00496. The van der Waals surface area contributed by atoms with Crippen molar-refractivity contribution in [2.45, 2.75) is 43.6 Å². The molecule has 3 aromatic rings. The number of nitrogens with zero attached hydrogens (tertiary/aromatic N) is 3. The Morgan fingerprint density at radius 1 is 1.35 bits per heavy atom. The molecule has 2 aliphatic rings. The van der Waals surface area contributed by atoms with E-state index in [0.717, 1.165) is 17.7 Å². The molecule has 0 fully saturated rings. The molecule has 3 heterocycles. The molecule has 0 saturated carbocycles. The van der Waals surface area contributed by atoms with Gasteiger partial charge in [0, 0.05) is 4.88 Å². The highest BCUT2D eigenvalue weighted by atomic mass is 32.2. The van der Waals surface area contributed by atoms with Crippen molar-refractivity contribution < 1.29 is 14.0 Å². The van der Waals surface area contributed by atoms with E-state index in [0.29, 0.717) is 28.4 Å². The number of benzene rings is 1. The van der Waals surface area contributed by atoms with Gasteiger partial charge in [0.1, 0.15) is 6.54 Å². The van der Waals surface area contributed by atoms with E-state index in [9.17, 15) is 9.59 Å². The summed E-state index contributed by atoms with van der Waals surface area (Å²) in [5.41, 5.74) is 2.72. The van der Waals surface area contributed by atoms with Gasteiger partial charge in [0.05, 0.1) is 21.5 Å². The average molecular weight is 455 g/mol. The second-order valence-electron chi connectivity index (χ2n) is 8.03. The maximum atomic E-state index is 13.1. The van der Waals surface area contributed by atoms with Gasteiger partial charge in [0.15, 0.2) is 0 Å². The maximum absolute atomic E-state index is 13.1. The summed E-state index contributed by atoms with van der Waals surface area (Å²) in [6.07, 6.45) is 3.42. The molecule has 7 nitrogen and oxygen atoms in total. The molecule has 2 amide bonds. The van der Waals surface area contributed by atoms with Gasteiger partial charge in [-0.25, -0.2) is 0 Å². The lowest BCUT2D eigenvalue weighted by atomic mass is 9.90. The lowest BCUT2D eigenvalue weighted by Crippen LogP contribution is -2.45. The summed E-state index contributed by atoms with van der Waals surface area (Å²) in [7, 11) is 0. The Balaban J connectivity index is 1.31. The molecule has 2 atom stereocenters. The third-order valence-electron chi connectivity index (χ3n) is 5.61. The van der Waals surface area contributed by atoms with Crippen LogP contribution < -0.4 is 10.2 Å². The fourth-order valence-corrected chi connectivity index (χ4v) is 5.89. The second kappa shape index (κ2) is 8.12. The molecule has 0 saturated heterocycles. The van der Waals surface area contributed by atoms with Crippen molar-refractivity contribution in [3.8, 4) is 10.8 Å². The maximum Gasteiger partial charge on any atom is 0.277 e. The minimum Gasteiger partial charge on any atom is -0.410 e. The Bertz CT molecular complexity index is 1160. The zero-order valence-electron chi connectivity index (χ0n) is 17.3. The number of carbonyl (C=O) groups is 2. The number of hydrogen-bond acceptors (Lipinski definition) is 7. The monoisotopic (exact) mass is 454 g/mol. The molecule has 2 aromatic heterocycles. The van der Waals surface area contributed by atoms with Crippen molar-refractivity contribution in [3.05, 3.63) is 40.8 Å². The summed E-state index contributed by atoms with van der Waals surface area (Å²) < 4.78 is 5.87. The minimum atomic E-state index is -0.482. The van der Waals surface area contributed by atoms with Crippen molar-refractivity contribution in [2.24, 2.45) is 5.92 Å². The van der Waals surface area contributed by atoms with Crippen LogP contribution in [0.4, 0.5) is 11.4 Å². The molecule has 1 aliphatic heterocycles. The largest absolute Gasteiger partial charge is 0.410 e. The van der Waals surface area contributed by atoms with Crippen molar-refractivity contribution >= 4 is 46.3 Å². The zero-order valence-corrected chi connectivity index (χ0v) is 18.9. The van der Waals surface area contributed by atoms with E-state index in [-0.39, 0.29) is 18.4 Å². The second-order valence-corrected chi connectivity index (χ2v) is 10.5. The number of amides is 2. The predicted octanol–water partition coefficient (Wildman–Crippen LogP) is 4.39. The fourth-order valence-electron chi connectivity index (χ4n) is 4.02. The summed E-state index contributed by atoms with van der Waals surface area (Å²) in [5.74, 6) is 0.822. The van der Waals surface area contributed by atoms with E-state index in [1.807, 2.05) is 18.2 Å². The highest BCUT2D eigenvalue weighted by Gasteiger charge is 2.31. The van der Waals surface area contributed by atoms with Gasteiger partial charge < -0.3 is 9.73 Å². The highest BCUT2D eigenvalue weighted by molar-refractivity contribution is 8.00. The number of nitrogens with one attached hydrogen (secondary N) is 1. The molecule has 0 bridgehead atoms. The molecule has 160 valence electrons. The standard InChI is InChI=1S/C22H22N4O3S2/c1-12-7-8-17-14(9-12)10-18(31-17)20-24-25-22(29-20)30-13(2)21(28)26-11-19(27)23-15-5-3-4-6-16(15)26/h3-6,10,12-13H,7-9,11H2,1-2H3,(H,23,27)/t12-,13+/m1/s1. The number of aromatic nitrogens is 2. The first-order valence-electron chi connectivity index (χ1n) is 10.3. The van der Waals surface area contributed by atoms with Gasteiger partial charge in [-0.15, -0.1) is 21.5 Å². The average Bonchev–Trinajstić information content (AvgIpc) is 3.39. The molecular formula is C22H22N4O3S2. The first-order chi connectivity index (χ1) is 15.0. The van der Waals surface area contributed by atoms with Gasteiger partial charge in [0.2, 0.25) is 11.8 Å². The summed E-state index contributed by atoms with van der Waals surface area (Å²) in [6.45, 7) is 4.07. The van der Waals surface area contributed by atoms with E-state index < -0.39 is 5.25 Å². The van der Waals surface area contributed by atoms with Crippen LogP contribution in [0.15, 0.2) is 40.0 Å². The Kier molecular flexibility index (Phi) is 5.31. The van der Waals surface area contributed by atoms with Gasteiger partial charge in [-0.3, -0.25) is 14.5 Å². The van der Waals surface area contributed by atoms with E-state index in [2.05, 4.69) is 28.5 Å². The van der Waals surface area contributed by atoms with Crippen molar-refractivity contribution in [2.75, 3.05) is 16.8 Å². The van der Waals surface area contributed by atoms with Crippen LogP contribution in [0.25, 0.3) is 10.8 Å². The van der Waals surface area contributed by atoms with Crippen LogP contribution >= 0.6 is 23.1 Å². The molecule has 5 rings (SSSR count). The molecule has 1 aromatic carbocycles. The first kappa shape index (κ1) is 20.3. The van der Waals surface area contributed by atoms with Crippen LogP contribution in [-0.4, -0.2) is 33.8 Å². The van der Waals surface area contributed by atoms with Gasteiger partial charge in [0.25, 0.3) is 11.1 Å². The third-order valence-corrected chi connectivity index (χ3v) is 7.76. The number of thiophene rings is 1. The molecule has 0 radical (unpaired) electrons. The van der Waals surface area contributed by atoms with Crippen molar-refractivity contribution in [1.29, 1.82) is 0 Å². The number of fused-ring (bicyclic) bond motifs is 2. The zero-order chi connectivity index (χ0) is 21.5. The Hall–Kier alpha value is -2.65. The van der Waals surface area contributed by atoms with Crippen LogP contribution in [-0.2, 0) is 22.4 Å². The van der Waals surface area contributed by atoms with Gasteiger partial charge in [-0.1, -0.05) is 30.8 Å². The van der Waals surface area contributed by atoms with Gasteiger partial charge in [-0.2, -0.15) is 0 Å². The number of para-hydroxylation sites is 2. The van der Waals surface area contributed by atoms with Crippen molar-refractivity contribution in [3.63, 3.8) is 0 Å². The van der Waals surface area contributed by atoms with E-state index in [4.69, 9.17) is 4.42 Å². The van der Waals surface area contributed by atoms with Crippen LogP contribution in [0.2, 0.25) is 0 Å². The third kappa shape index (κ3) is 3.99. The Labute approximate surface area is 188 Å². The summed E-state index contributed by atoms with van der Waals surface area (Å²) in [5, 5.41) is 11.0. The molecule has 0 spiro atoms. The molecule has 1 N–H and O–H groups in total. The van der Waals surface area contributed by atoms with E-state index >= 15 is 0 Å². The molecular weight excluding hydrogens is 432 g/mol. The quantitative estimate of drug-likeness (QED) is 0.588. The molecule has 1 aliphatic carbocycles. The Morgan fingerprint density at radius 2 is 2.19 bits per heavy atom. The number of rotatable bonds is 4. The van der Waals surface area contributed by atoms with Gasteiger partial charge >= 0.3 is 0 Å². The van der Waals surface area contributed by atoms with Crippen LogP contribution in [0.3, 0.4) is 0 Å². The summed E-state index contributed by atoms with van der Waals surface area (Å²) >= 11 is 2.93. The number of aryl methyl sites for hydroxylation is 1. The smallest absolute Gasteiger partial charge is 0.277 e. The van der Waals surface area contributed by atoms with E-state index in [1.165, 1.54) is 33.5 Å². The van der Waals surface area contributed by atoms with Crippen LogP contribution in [0.5, 0.6) is 0 Å². The fraction of sp³-hybridized carbons (Fsp3) is 0.364. The van der Waals surface area contributed by atoms with E-state index in [1.54, 1.807) is 24.3 Å². The number of thioether (sulfide) groups is 1. The lowest BCUT2D eigenvalue weighted by Gasteiger charge is -2.30. The number of anilines is 2. The Morgan fingerprint density at radius 3 is 3.06 bits per heavy atom. The number of carbonyl (C=O) groups excluding carboxylic acids is 2. The van der Waals surface area contributed by atoms with Crippen LogP contribution in [0.1, 0.15) is 30.7 Å². The number of hydrogen-bond donors (Lipinski definition) is 1. The lowest BCUT2D eigenvalue weighted by molar-refractivity contribution is -0.121. The van der Waals surface area contributed by atoms with Crippen molar-refractivity contribution in [1.82, 2.24) is 10.2 Å². The molecule has 0 unspecified atom stereocenters. The SMILES string of the molecule is C[C@@H]1CCc2sc(-c3nnc(S[C@@H](C)C(=O)N4CC(=O)Nc5ccccc54)o3)cc2C1. The van der Waals surface area contributed by atoms with Crippen LogP contribution in [0, 0.1) is 5.92 Å². The topological polar surface area (TPSA) is 88.3 Å². The predicted molar refractivity (Wildman–Crippen MR) is 122 cm³/mol. The highest BCUT2D eigenvalue weighted by Crippen LogP contribution is 2.38. The van der Waals surface area contributed by atoms with Gasteiger partial charge in [-0.05, 0) is 55.9 Å². The molecule has 9 heteroatoms. The first-order valence-corrected chi connectivity index (χ1v) is 12.0. The summed E-state index contributed by atoms with van der Waals surface area (Å²) in [4.78, 5) is 29.0.